The maximum atomic E-state index is 2.63. The Balaban J connectivity index is 2.85. The topological polar surface area (TPSA) is 6.48 Å². The molecule has 1 aliphatic rings. The van der Waals surface area contributed by atoms with Gasteiger partial charge in [0.1, 0.15) is 0 Å². The summed E-state index contributed by atoms with van der Waals surface area (Å²) in [6, 6.07) is 0.712. The van der Waals surface area contributed by atoms with E-state index in [0.29, 0.717) is 17.6 Å². The van der Waals surface area contributed by atoms with Crippen molar-refractivity contribution in [3.8, 4) is 0 Å². The molecule has 0 bridgehead atoms. The van der Waals surface area contributed by atoms with Gasteiger partial charge in [0, 0.05) is 12.6 Å². The molecule has 0 spiro atoms. The van der Waals surface area contributed by atoms with Crippen LogP contribution in [-0.4, -0.2) is 41.6 Å². The molecule has 0 aromatic heterocycles. The van der Waals surface area contributed by atoms with Gasteiger partial charge in [-0.05, 0) is 25.4 Å². The highest BCUT2D eigenvalue weighted by atomic mass is 15.4. The molecule has 1 saturated heterocycles. The molecule has 1 fully saturated rings. The summed E-state index contributed by atoms with van der Waals surface area (Å²) in [6.07, 6.45) is 0.618. The van der Waals surface area contributed by atoms with Crippen molar-refractivity contribution >= 4 is 0 Å². The van der Waals surface area contributed by atoms with Gasteiger partial charge in [-0.25, -0.2) is 0 Å². The van der Waals surface area contributed by atoms with Crippen molar-refractivity contribution in [2.75, 3.05) is 19.6 Å². The highest BCUT2D eigenvalue weighted by Gasteiger charge is 2.41. The Hall–Kier alpha value is -0.0800. The average Bonchev–Trinajstić information content (AvgIpc) is 2.40. The number of hydrogen-bond donors (Lipinski definition) is 0. The van der Waals surface area contributed by atoms with Gasteiger partial charge in [-0.15, -0.1) is 0 Å². The van der Waals surface area contributed by atoms with Crippen LogP contribution in [0.25, 0.3) is 0 Å². The lowest BCUT2D eigenvalue weighted by Gasteiger charge is -2.40. The standard InChI is InChI=1S/C12H26N2/c1-7-13-9-10(3)14(8-2)11(13)12(4,5)6/h10-11H,7-9H2,1-6H3. The molecule has 0 N–H and O–H groups in total. The number of nitrogens with zero attached hydrogens (tertiary/aromatic N) is 2. The van der Waals surface area contributed by atoms with E-state index in [2.05, 4.69) is 51.3 Å². The third-order valence-electron chi connectivity index (χ3n) is 3.27. The van der Waals surface area contributed by atoms with Crippen molar-refractivity contribution < 1.29 is 0 Å². The molecule has 84 valence electrons. The van der Waals surface area contributed by atoms with Gasteiger partial charge in [-0.1, -0.05) is 34.6 Å². The van der Waals surface area contributed by atoms with Gasteiger partial charge in [0.05, 0.1) is 6.17 Å². The molecule has 0 aliphatic carbocycles. The van der Waals surface area contributed by atoms with Crippen molar-refractivity contribution in [2.45, 2.75) is 53.8 Å². The van der Waals surface area contributed by atoms with E-state index < -0.39 is 0 Å². The van der Waals surface area contributed by atoms with E-state index in [1.165, 1.54) is 19.6 Å². The fraction of sp³-hybridized carbons (Fsp3) is 1.00. The Morgan fingerprint density at radius 2 is 1.71 bits per heavy atom. The first-order valence-corrected chi connectivity index (χ1v) is 5.91. The molecule has 2 heteroatoms. The van der Waals surface area contributed by atoms with E-state index in [9.17, 15) is 0 Å². The van der Waals surface area contributed by atoms with Crippen molar-refractivity contribution in [1.29, 1.82) is 0 Å². The Morgan fingerprint density at radius 3 is 2.07 bits per heavy atom. The second-order valence-electron chi connectivity index (χ2n) is 5.51. The summed E-state index contributed by atoms with van der Waals surface area (Å²) in [5.74, 6) is 0. The zero-order valence-corrected chi connectivity index (χ0v) is 10.7. The summed E-state index contributed by atoms with van der Waals surface area (Å²) in [7, 11) is 0. The summed E-state index contributed by atoms with van der Waals surface area (Å²) in [5, 5.41) is 0. The minimum atomic E-state index is 0.358. The first kappa shape index (κ1) is 12.0. The highest BCUT2D eigenvalue weighted by molar-refractivity contribution is 4.92. The summed E-state index contributed by atoms with van der Waals surface area (Å²) in [5.41, 5.74) is 0.358. The lowest BCUT2D eigenvalue weighted by Crippen LogP contribution is -2.48. The molecule has 0 saturated carbocycles. The predicted molar refractivity (Wildman–Crippen MR) is 62.3 cm³/mol. The van der Waals surface area contributed by atoms with Crippen LogP contribution in [0.5, 0.6) is 0 Å². The SMILES string of the molecule is CCN1CC(C)N(CC)C1C(C)(C)C. The minimum absolute atomic E-state index is 0.358. The van der Waals surface area contributed by atoms with E-state index in [1.807, 2.05) is 0 Å². The molecule has 0 amide bonds. The molecule has 1 rings (SSSR count). The number of hydrogen-bond acceptors (Lipinski definition) is 2. The molecule has 1 aliphatic heterocycles. The van der Waals surface area contributed by atoms with Gasteiger partial charge >= 0.3 is 0 Å². The van der Waals surface area contributed by atoms with Crippen LogP contribution in [0.1, 0.15) is 41.5 Å². The number of rotatable bonds is 2. The Kier molecular flexibility index (Phi) is 3.59. The highest BCUT2D eigenvalue weighted by Crippen LogP contribution is 2.33. The number of likely N-dealkylation sites (N-methyl/N-ethyl adjacent to an activating group) is 2. The molecule has 2 nitrogen and oxygen atoms in total. The van der Waals surface area contributed by atoms with Gasteiger partial charge in [0.25, 0.3) is 0 Å². The normalized spacial score (nSPS) is 31.3. The summed E-state index contributed by atoms with van der Waals surface area (Å²) in [4.78, 5) is 5.23. The minimum Gasteiger partial charge on any atom is -0.286 e. The van der Waals surface area contributed by atoms with Gasteiger partial charge in [-0.3, -0.25) is 9.80 Å². The van der Waals surface area contributed by atoms with E-state index in [4.69, 9.17) is 0 Å². The first-order valence-electron chi connectivity index (χ1n) is 5.91. The van der Waals surface area contributed by atoms with E-state index in [1.54, 1.807) is 0 Å². The predicted octanol–water partition coefficient (Wildman–Crippen LogP) is 2.40. The van der Waals surface area contributed by atoms with Gasteiger partial charge in [0.2, 0.25) is 0 Å². The lowest BCUT2D eigenvalue weighted by atomic mass is 9.91. The first-order chi connectivity index (χ1) is 6.41. The quantitative estimate of drug-likeness (QED) is 0.672. The molecule has 0 aromatic rings. The van der Waals surface area contributed by atoms with Crippen LogP contribution in [0.2, 0.25) is 0 Å². The molecule has 0 aromatic carbocycles. The van der Waals surface area contributed by atoms with Crippen LogP contribution >= 0.6 is 0 Å². The maximum Gasteiger partial charge on any atom is 0.0675 e. The Labute approximate surface area is 89.3 Å². The van der Waals surface area contributed by atoms with Crippen LogP contribution in [0.3, 0.4) is 0 Å². The second kappa shape index (κ2) is 4.19. The van der Waals surface area contributed by atoms with E-state index in [0.717, 1.165) is 0 Å². The summed E-state index contributed by atoms with van der Waals surface area (Å²) < 4.78 is 0. The van der Waals surface area contributed by atoms with Crippen molar-refractivity contribution in [1.82, 2.24) is 9.80 Å². The van der Waals surface area contributed by atoms with Gasteiger partial charge in [0.15, 0.2) is 0 Å². The van der Waals surface area contributed by atoms with Crippen LogP contribution in [-0.2, 0) is 0 Å². The van der Waals surface area contributed by atoms with Crippen molar-refractivity contribution in [2.24, 2.45) is 5.41 Å². The largest absolute Gasteiger partial charge is 0.286 e. The molecular weight excluding hydrogens is 172 g/mol. The fourth-order valence-electron chi connectivity index (χ4n) is 2.83. The Morgan fingerprint density at radius 1 is 1.14 bits per heavy atom. The summed E-state index contributed by atoms with van der Waals surface area (Å²) >= 11 is 0. The van der Waals surface area contributed by atoms with E-state index >= 15 is 0 Å². The second-order valence-corrected chi connectivity index (χ2v) is 5.51. The molecule has 2 unspecified atom stereocenters. The zero-order chi connectivity index (χ0) is 10.9. The van der Waals surface area contributed by atoms with Crippen molar-refractivity contribution in [3.63, 3.8) is 0 Å². The monoisotopic (exact) mass is 198 g/mol. The van der Waals surface area contributed by atoms with Crippen LogP contribution < -0.4 is 0 Å². The Bertz CT molecular complexity index is 183. The third-order valence-corrected chi connectivity index (χ3v) is 3.27. The zero-order valence-electron chi connectivity index (χ0n) is 10.7. The van der Waals surface area contributed by atoms with Crippen molar-refractivity contribution in [3.05, 3.63) is 0 Å². The van der Waals surface area contributed by atoms with Crippen LogP contribution in [0.4, 0.5) is 0 Å². The van der Waals surface area contributed by atoms with Crippen LogP contribution in [0, 0.1) is 5.41 Å². The molecule has 2 atom stereocenters. The summed E-state index contributed by atoms with van der Waals surface area (Å²) in [6.45, 7) is 17.5. The fourth-order valence-corrected chi connectivity index (χ4v) is 2.83. The van der Waals surface area contributed by atoms with Gasteiger partial charge < -0.3 is 0 Å². The third kappa shape index (κ3) is 2.12. The lowest BCUT2D eigenvalue weighted by molar-refractivity contribution is 0.0365. The molecule has 1 heterocycles. The maximum absolute atomic E-state index is 2.63. The molecule has 0 radical (unpaired) electrons. The van der Waals surface area contributed by atoms with Gasteiger partial charge in [-0.2, -0.15) is 0 Å². The van der Waals surface area contributed by atoms with E-state index in [-0.39, 0.29) is 0 Å². The molecular formula is C12H26N2. The average molecular weight is 198 g/mol. The molecule has 14 heavy (non-hydrogen) atoms. The smallest absolute Gasteiger partial charge is 0.0675 e. The van der Waals surface area contributed by atoms with Crippen LogP contribution in [0.15, 0.2) is 0 Å².